The molecule has 0 aliphatic carbocycles. The lowest BCUT2D eigenvalue weighted by molar-refractivity contribution is 0.578. The van der Waals surface area contributed by atoms with Gasteiger partial charge in [0.25, 0.3) is 0 Å². The van der Waals surface area contributed by atoms with Crippen molar-refractivity contribution in [1.29, 1.82) is 0 Å². The first-order valence-electron chi connectivity index (χ1n) is 8.28. The van der Waals surface area contributed by atoms with Gasteiger partial charge in [0.2, 0.25) is 0 Å². The topological polar surface area (TPSA) is 8.17 Å². The van der Waals surface area contributed by atoms with Crippen molar-refractivity contribution in [1.82, 2.24) is 4.57 Å². The number of anilines is 1. The van der Waals surface area contributed by atoms with Crippen molar-refractivity contribution in [3.63, 3.8) is 0 Å². The summed E-state index contributed by atoms with van der Waals surface area (Å²) < 4.78 is 2.40. The molecule has 4 rings (SSSR count). The lowest BCUT2D eigenvalue weighted by Gasteiger charge is -2.28. The molecule has 2 heterocycles. The van der Waals surface area contributed by atoms with E-state index < -0.39 is 0 Å². The highest BCUT2D eigenvalue weighted by atomic mass is 15.2. The first-order valence-corrected chi connectivity index (χ1v) is 8.28. The van der Waals surface area contributed by atoms with E-state index in [1.807, 2.05) is 0 Å². The summed E-state index contributed by atoms with van der Waals surface area (Å²) in [5.41, 5.74) is 4.10. The molecule has 2 aromatic carbocycles. The highest BCUT2D eigenvalue weighted by molar-refractivity contribution is 5.93. The Hall–Kier alpha value is -2.22. The van der Waals surface area contributed by atoms with E-state index in [1.54, 1.807) is 0 Å². The molecular formula is C20H22N2. The van der Waals surface area contributed by atoms with Gasteiger partial charge < -0.3 is 9.47 Å². The summed E-state index contributed by atoms with van der Waals surface area (Å²) in [6.45, 7) is 3.33. The zero-order valence-corrected chi connectivity index (χ0v) is 12.9. The van der Waals surface area contributed by atoms with Gasteiger partial charge in [-0.2, -0.15) is 0 Å². The van der Waals surface area contributed by atoms with Crippen LogP contribution in [0.3, 0.4) is 0 Å². The average Bonchev–Trinajstić information content (AvgIpc) is 2.96. The average molecular weight is 290 g/mol. The minimum atomic E-state index is 0.940. The van der Waals surface area contributed by atoms with Gasteiger partial charge >= 0.3 is 0 Å². The molecule has 22 heavy (non-hydrogen) atoms. The summed E-state index contributed by atoms with van der Waals surface area (Å²) in [6.07, 6.45) is 6.36. The molecule has 1 aliphatic heterocycles. The third-order valence-electron chi connectivity index (χ3n) is 4.66. The second-order valence-electron chi connectivity index (χ2n) is 6.19. The maximum atomic E-state index is 2.56. The van der Waals surface area contributed by atoms with Crippen LogP contribution in [0.2, 0.25) is 0 Å². The Kier molecular flexibility index (Phi) is 3.59. The molecule has 1 fully saturated rings. The van der Waals surface area contributed by atoms with Gasteiger partial charge in [-0.15, -0.1) is 0 Å². The summed E-state index contributed by atoms with van der Waals surface area (Å²) in [5, 5.41) is 1.39. The molecule has 0 bridgehead atoms. The van der Waals surface area contributed by atoms with Gasteiger partial charge in [-0.05, 0) is 30.9 Å². The Balaban J connectivity index is 1.75. The predicted molar refractivity (Wildman–Crippen MR) is 93.5 cm³/mol. The lowest BCUT2D eigenvalue weighted by Crippen LogP contribution is -2.29. The molecule has 0 saturated carbocycles. The molecule has 0 unspecified atom stereocenters. The third kappa shape index (κ3) is 2.50. The molecule has 3 aromatic rings. The van der Waals surface area contributed by atoms with E-state index in [4.69, 9.17) is 0 Å². The number of piperidine rings is 1. The molecule has 1 aliphatic rings. The van der Waals surface area contributed by atoms with Gasteiger partial charge in [0.05, 0.1) is 11.2 Å². The molecule has 0 radical (unpaired) electrons. The van der Waals surface area contributed by atoms with Gasteiger partial charge in [-0.25, -0.2) is 0 Å². The van der Waals surface area contributed by atoms with Crippen molar-refractivity contribution < 1.29 is 0 Å². The quantitative estimate of drug-likeness (QED) is 0.680. The van der Waals surface area contributed by atoms with Crippen LogP contribution in [0.25, 0.3) is 10.9 Å². The SMILES string of the molecule is c1ccc(Cn2cc(N3CCCCC3)c3ccccc32)cc1. The monoisotopic (exact) mass is 290 g/mol. The van der Waals surface area contributed by atoms with Gasteiger partial charge in [0, 0.05) is 31.2 Å². The molecular weight excluding hydrogens is 268 g/mol. The molecule has 0 N–H and O–H groups in total. The van der Waals surface area contributed by atoms with Crippen molar-refractivity contribution >= 4 is 16.6 Å². The lowest BCUT2D eigenvalue weighted by atomic mass is 10.1. The van der Waals surface area contributed by atoms with Crippen molar-refractivity contribution in [2.45, 2.75) is 25.8 Å². The number of benzene rings is 2. The van der Waals surface area contributed by atoms with Crippen LogP contribution in [0.15, 0.2) is 60.8 Å². The first kappa shape index (κ1) is 13.4. The summed E-state index contributed by atoms with van der Waals surface area (Å²) >= 11 is 0. The van der Waals surface area contributed by atoms with Crippen molar-refractivity contribution in [2.75, 3.05) is 18.0 Å². The zero-order chi connectivity index (χ0) is 14.8. The van der Waals surface area contributed by atoms with E-state index in [0.717, 1.165) is 6.54 Å². The Morgan fingerprint density at radius 3 is 2.32 bits per heavy atom. The Labute approximate surface area is 132 Å². The van der Waals surface area contributed by atoms with Crippen LogP contribution in [-0.2, 0) is 6.54 Å². The zero-order valence-electron chi connectivity index (χ0n) is 12.9. The fraction of sp³-hybridized carbons (Fsp3) is 0.300. The molecule has 0 spiro atoms. The molecule has 0 amide bonds. The van der Waals surface area contributed by atoms with Crippen molar-refractivity contribution in [3.8, 4) is 0 Å². The van der Waals surface area contributed by atoms with Crippen molar-refractivity contribution in [3.05, 3.63) is 66.4 Å². The van der Waals surface area contributed by atoms with Crippen LogP contribution in [-0.4, -0.2) is 17.7 Å². The van der Waals surface area contributed by atoms with E-state index in [-0.39, 0.29) is 0 Å². The number of aromatic nitrogens is 1. The second kappa shape index (κ2) is 5.88. The smallest absolute Gasteiger partial charge is 0.0626 e. The van der Waals surface area contributed by atoms with Crippen LogP contribution < -0.4 is 4.90 Å². The number of hydrogen-bond donors (Lipinski definition) is 0. The van der Waals surface area contributed by atoms with E-state index >= 15 is 0 Å². The van der Waals surface area contributed by atoms with E-state index in [1.165, 1.54) is 54.5 Å². The summed E-state index contributed by atoms with van der Waals surface area (Å²) in [5.74, 6) is 0. The van der Waals surface area contributed by atoms with Crippen LogP contribution in [0.4, 0.5) is 5.69 Å². The number of nitrogens with zero attached hydrogens (tertiary/aromatic N) is 2. The highest BCUT2D eigenvalue weighted by Gasteiger charge is 2.16. The number of para-hydroxylation sites is 1. The van der Waals surface area contributed by atoms with Crippen LogP contribution in [0.1, 0.15) is 24.8 Å². The number of rotatable bonds is 3. The second-order valence-corrected chi connectivity index (χ2v) is 6.19. The van der Waals surface area contributed by atoms with E-state index in [9.17, 15) is 0 Å². The fourth-order valence-corrected chi connectivity index (χ4v) is 3.53. The molecule has 2 heteroatoms. The van der Waals surface area contributed by atoms with Crippen LogP contribution in [0.5, 0.6) is 0 Å². The highest BCUT2D eigenvalue weighted by Crippen LogP contribution is 2.31. The Morgan fingerprint density at radius 1 is 0.773 bits per heavy atom. The van der Waals surface area contributed by atoms with Crippen molar-refractivity contribution in [2.24, 2.45) is 0 Å². The summed E-state index contributed by atoms with van der Waals surface area (Å²) in [4.78, 5) is 2.56. The third-order valence-corrected chi connectivity index (χ3v) is 4.66. The maximum Gasteiger partial charge on any atom is 0.0626 e. The van der Waals surface area contributed by atoms with E-state index in [0.29, 0.717) is 0 Å². The fourth-order valence-electron chi connectivity index (χ4n) is 3.53. The minimum absolute atomic E-state index is 0.940. The summed E-state index contributed by atoms with van der Waals surface area (Å²) in [7, 11) is 0. The molecule has 1 saturated heterocycles. The van der Waals surface area contributed by atoms with Gasteiger partial charge in [-0.1, -0.05) is 48.5 Å². The number of hydrogen-bond acceptors (Lipinski definition) is 1. The van der Waals surface area contributed by atoms with Gasteiger partial charge in [0.1, 0.15) is 0 Å². The van der Waals surface area contributed by atoms with Gasteiger partial charge in [0.15, 0.2) is 0 Å². The standard InChI is InChI=1S/C20H22N2/c1-3-9-17(10-4-1)15-22-16-20(21-13-7-2-8-14-21)18-11-5-6-12-19(18)22/h1,3-6,9-12,16H,2,7-8,13-15H2. The molecule has 2 nitrogen and oxygen atoms in total. The van der Waals surface area contributed by atoms with E-state index in [2.05, 4.69) is 70.3 Å². The van der Waals surface area contributed by atoms with Gasteiger partial charge in [-0.3, -0.25) is 0 Å². The molecule has 0 atom stereocenters. The normalized spacial score (nSPS) is 15.4. The Morgan fingerprint density at radius 2 is 1.50 bits per heavy atom. The largest absolute Gasteiger partial charge is 0.370 e. The molecule has 112 valence electrons. The Bertz CT molecular complexity index is 752. The van der Waals surface area contributed by atoms with Crippen LogP contribution >= 0.6 is 0 Å². The number of fused-ring (bicyclic) bond motifs is 1. The first-order chi connectivity index (χ1) is 10.9. The summed E-state index contributed by atoms with van der Waals surface area (Å²) in [6, 6.07) is 19.5. The van der Waals surface area contributed by atoms with Crippen LogP contribution in [0, 0.1) is 0 Å². The molecule has 1 aromatic heterocycles. The maximum absolute atomic E-state index is 2.56. The predicted octanol–water partition coefficient (Wildman–Crippen LogP) is 4.68. The minimum Gasteiger partial charge on any atom is -0.370 e.